The number of benzene rings is 1. The largest absolute Gasteiger partial charge is 0.496 e. The monoisotopic (exact) mass is 392 g/mol. The van der Waals surface area contributed by atoms with Crippen molar-refractivity contribution < 1.29 is 23.0 Å². The molecular formula is C20H16N4O5. The number of para-hydroxylation sites is 1. The third kappa shape index (κ3) is 3.06. The summed E-state index contributed by atoms with van der Waals surface area (Å²) in [5, 5.41) is 7.89. The van der Waals surface area contributed by atoms with Gasteiger partial charge in [0.15, 0.2) is 11.5 Å². The number of hydrogen-bond acceptors (Lipinski definition) is 8. The molecule has 1 aromatic carbocycles. The van der Waals surface area contributed by atoms with E-state index in [4.69, 9.17) is 18.2 Å². The molecule has 9 heteroatoms. The van der Waals surface area contributed by atoms with Crippen LogP contribution in [0.4, 0.5) is 0 Å². The highest BCUT2D eigenvalue weighted by atomic mass is 16.5. The van der Waals surface area contributed by atoms with Crippen molar-refractivity contribution in [3.05, 3.63) is 60.3 Å². The zero-order chi connectivity index (χ0) is 19.8. The van der Waals surface area contributed by atoms with Crippen molar-refractivity contribution in [2.24, 2.45) is 0 Å². The standard InChI is InChI=1S/C20H16N4O5/c1-26-15-6-3-2-5-13(15)18-21-19(29-23-18)12-10-24(11-12)20(25)14-9-17(28-22-14)16-7-4-8-27-16/h2-9,12H,10-11H2,1H3. The molecule has 4 heterocycles. The number of ether oxygens (including phenoxy) is 1. The van der Waals surface area contributed by atoms with Crippen LogP contribution in [0.3, 0.4) is 0 Å². The van der Waals surface area contributed by atoms with Crippen molar-refractivity contribution in [2.75, 3.05) is 20.2 Å². The van der Waals surface area contributed by atoms with Gasteiger partial charge in [0.25, 0.3) is 5.91 Å². The molecule has 29 heavy (non-hydrogen) atoms. The second-order valence-corrected chi connectivity index (χ2v) is 6.62. The maximum atomic E-state index is 12.6. The van der Waals surface area contributed by atoms with Gasteiger partial charge in [-0.1, -0.05) is 22.4 Å². The number of nitrogens with zero attached hydrogens (tertiary/aromatic N) is 4. The number of furan rings is 1. The molecule has 5 rings (SSSR count). The second kappa shape index (κ2) is 6.93. The van der Waals surface area contributed by atoms with Gasteiger partial charge >= 0.3 is 0 Å². The molecule has 1 aliphatic rings. The van der Waals surface area contributed by atoms with Gasteiger partial charge in [-0.15, -0.1) is 0 Å². The second-order valence-electron chi connectivity index (χ2n) is 6.62. The minimum absolute atomic E-state index is 0.0219. The SMILES string of the molecule is COc1ccccc1-c1noc(C2CN(C(=O)c3cc(-c4ccco4)on3)C2)n1. The van der Waals surface area contributed by atoms with E-state index in [0.29, 0.717) is 42.1 Å². The molecule has 146 valence electrons. The molecular weight excluding hydrogens is 376 g/mol. The Bertz CT molecular complexity index is 1140. The third-order valence-corrected chi connectivity index (χ3v) is 4.80. The first-order valence-corrected chi connectivity index (χ1v) is 9.00. The highest BCUT2D eigenvalue weighted by Crippen LogP contribution is 2.32. The molecule has 1 fully saturated rings. The summed E-state index contributed by atoms with van der Waals surface area (Å²) in [5.74, 6) is 2.32. The highest BCUT2D eigenvalue weighted by molar-refractivity contribution is 5.93. The number of rotatable bonds is 5. The molecule has 4 aromatic rings. The molecule has 1 saturated heterocycles. The van der Waals surface area contributed by atoms with E-state index in [1.165, 1.54) is 6.26 Å². The van der Waals surface area contributed by atoms with E-state index < -0.39 is 0 Å². The Morgan fingerprint density at radius 1 is 1.10 bits per heavy atom. The van der Waals surface area contributed by atoms with Crippen molar-refractivity contribution in [2.45, 2.75) is 5.92 Å². The first kappa shape index (κ1) is 17.2. The van der Waals surface area contributed by atoms with E-state index in [9.17, 15) is 4.79 Å². The molecule has 0 aliphatic carbocycles. The Morgan fingerprint density at radius 2 is 1.97 bits per heavy atom. The molecule has 0 spiro atoms. The van der Waals surface area contributed by atoms with Gasteiger partial charge in [0, 0.05) is 19.2 Å². The normalized spacial score (nSPS) is 14.0. The third-order valence-electron chi connectivity index (χ3n) is 4.80. The maximum Gasteiger partial charge on any atom is 0.276 e. The van der Waals surface area contributed by atoms with Crippen LogP contribution >= 0.6 is 0 Å². The first-order chi connectivity index (χ1) is 14.2. The summed E-state index contributed by atoms with van der Waals surface area (Å²) >= 11 is 0. The van der Waals surface area contributed by atoms with Crippen LogP contribution in [0.25, 0.3) is 22.9 Å². The van der Waals surface area contributed by atoms with E-state index in [2.05, 4.69) is 15.3 Å². The lowest BCUT2D eigenvalue weighted by Crippen LogP contribution is -2.48. The topological polar surface area (TPSA) is 108 Å². The van der Waals surface area contributed by atoms with E-state index in [0.717, 1.165) is 5.56 Å². The average Bonchev–Trinajstić information content (AvgIpc) is 3.47. The minimum Gasteiger partial charge on any atom is -0.496 e. The van der Waals surface area contributed by atoms with E-state index in [-0.39, 0.29) is 17.5 Å². The molecule has 0 unspecified atom stereocenters. The molecule has 0 radical (unpaired) electrons. The van der Waals surface area contributed by atoms with Crippen molar-refractivity contribution in [3.63, 3.8) is 0 Å². The summed E-state index contributed by atoms with van der Waals surface area (Å²) in [6.45, 7) is 0.935. The van der Waals surface area contributed by atoms with E-state index in [1.54, 1.807) is 30.2 Å². The smallest absolute Gasteiger partial charge is 0.276 e. The molecule has 0 saturated carbocycles. The number of methoxy groups -OCH3 is 1. The number of carbonyl (C=O) groups excluding carboxylic acids is 1. The maximum absolute atomic E-state index is 12.6. The predicted molar refractivity (Wildman–Crippen MR) is 99.1 cm³/mol. The Labute approximate surface area is 164 Å². The average molecular weight is 392 g/mol. The summed E-state index contributed by atoms with van der Waals surface area (Å²) in [7, 11) is 1.59. The molecule has 0 atom stereocenters. The van der Waals surface area contributed by atoms with Crippen LogP contribution in [0.2, 0.25) is 0 Å². The predicted octanol–water partition coefficient (Wildman–Crippen LogP) is 3.23. The Balaban J connectivity index is 1.26. The number of likely N-dealkylation sites (tertiary alicyclic amines) is 1. The first-order valence-electron chi connectivity index (χ1n) is 9.00. The molecule has 1 aliphatic heterocycles. The van der Waals surface area contributed by atoms with Crippen LogP contribution in [0, 0.1) is 0 Å². The van der Waals surface area contributed by atoms with Gasteiger partial charge in [0.2, 0.25) is 17.5 Å². The van der Waals surface area contributed by atoms with Gasteiger partial charge in [-0.05, 0) is 24.3 Å². The lowest BCUT2D eigenvalue weighted by Gasteiger charge is -2.36. The number of hydrogen-bond donors (Lipinski definition) is 0. The van der Waals surface area contributed by atoms with Crippen LogP contribution in [0.5, 0.6) is 5.75 Å². The highest BCUT2D eigenvalue weighted by Gasteiger charge is 2.37. The van der Waals surface area contributed by atoms with Gasteiger partial charge in [-0.25, -0.2) is 0 Å². The van der Waals surface area contributed by atoms with Crippen LogP contribution < -0.4 is 4.74 Å². The number of carbonyl (C=O) groups is 1. The molecule has 0 N–H and O–H groups in total. The summed E-state index contributed by atoms with van der Waals surface area (Å²) in [4.78, 5) is 18.7. The van der Waals surface area contributed by atoms with Gasteiger partial charge < -0.3 is 23.1 Å². The Morgan fingerprint density at radius 3 is 2.76 bits per heavy atom. The zero-order valence-electron chi connectivity index (χ0n) is 15.4. The number of aromatic nitrogens is 3. The lowest BCUT2D eigenvalue weighted by atomic mass is 9.99. The zero-order valence-corrected chi connectivity index (χ0v) is 15.4. The van der Waals surface area contributed by atoms with Crippen molar-refractivity contribution in [1.82, 2.24) is 20.2 Å². The summed E-state index contributed by atoms with van der Waals surface area (Å²) in [6.07, 6.45) is 1.53. The van der Waals surface area contributed by atoms with Crippen molar-refractivity contribution in [1.29, 1.82) is 0 Å². The molecule has 0 bridgehead atoms. The van der Waals surface area contributed by atoms with Crippen molar-refractivity contribution >= 4 is 5.91 Å². The van der Waals surface area contributed by atoms with Crippen LogP contribution in [0.15, 0.2) is 62.2 Å². The summed E-state index contributed by atoms with van der Waals surface area (Å²) in [5.41, 5.74) is 0.986. The fourth-order valence-electron chi connectivity index (χ4n) is 3.21. The fraction of sp³-hybridized carbons (Fsp3) is 0.200. The van der Waals surface area contributed by atoms with E-state index in [1.807, 2.05) is 24.3 Å². The number of amides is 1. The van der Waals surface area contributed by atoms with Gasteiger partial charge in [0.1, 0.15) is 5.75 Å². The summed E-state index contributed by atoms with van der Waals surface area (Å²) in [6, 6.07) is 12.5. The van der Waals surface area contributed by atoms with Crippen LogP contribution in [0.1, 0.15) is 22.3 Å². The molecule has 1 amide bonds. The molecule has 9 nitrogen and oxygen atoms in total. The van der Waals surface area contributed by atoms with Crippen molar-refractivity contribution in [3.8, 4) is 28.7 Å². The molecule has 3 aromatic heterocycles. The summed E-state index contributed by atoms with van der Waals surface area (Å²) < 4.78 is 21.2. The Hall–Kier alpha value is -3.88. The van der Waals surface area contributed by atoms with Gasteiger partial charge in [-0.3, -0.25) is 4.79 Å². The van der Waals surface area contributed by atoms with Gasteiger partial charge in [-0.2, -0.15) is 4.98 Å². The fourth-order valence-corrected chi connectivity index (χ4v) is 3.21. The van der Waals surface area contributed by atoms with Crippen LogP contribution in [-0.2, 0) is 0 Å². The van der Waals surface area contributed by atoms with Crippen LogP contribution in [-0.4, -0.2) is 46.3 Å². The van der Waals surface area contributed by atoms with Gasteiger partial charge in [0.05, 0.1) is 24.9 Å². The Kier molecular flexibility index (Phi) is 4.12. The lowest BCUT2D eigenvalue weighted by molar-refractivity contribution is 0.0558. The van der Waals surface area contributed by atoms with E-state index >= 15 is 0 Å². The quantitative estimate of drug-likeness (QED) is 0.509. The minimum atomic E-state index is -0.215.